The lowest BCUT2D eigenvalue weighted by Gasteiger charge is -2.56. The van der Waals surface area contributed by atoms with Crippen LogP contribution in [0.3, 0.4) is 0 Å². The molecule has 0 aromatic rings. The van der Waals surface area contributed by atoms with Crippen molar-refractivity contribution in [2.75, 3.05) is 0 Å². The number of ether oxygens (including phenoxy) is 2. The van der Waals surface area contributed by atoms with Gasteiger partial charge in [0.15, 0.2) is 0 Å². The van der Waals surface area contributed by atoms with Crippen LogP contribution in [0.1, 0.15) is 58.8 Å². The van der Waals surface area contributed by atoms with Crippen LogP contribution in [0, 0.1) is 28.6 Å². The maximum Gasteiger partial charge on any atom is 0.490 e. The molecule has 14 heteroatoms. The molecule has 4 nitrogen and oxygen atoms in total. The third kappa shape index (κ3) is 4.62. The number of esters is 2. The standard InChI is InChI=1S/C25H26F10O4/c1-20-9-7-13(38-18(36)22(26,27)24(31,32)25(33,34)35)11-12(20)3-4-14-15-5-6-17(39-19(37)23(28,29)30)21(15,2)10-8-16(14)20/h3,11,14-17H,4-10H2,1-2H3/t14-,15-,16-,17-,20-,21-/m0/s1. The molecule has 4 rings (SSSR count). The summed E-state index contributed by atoms with van der Waals surface area (Å²) in [6.07, 6.45) is -7.43. The summed E-state index contributed by atoms with van der Waals surface area (Å²) in [4.78, 5) is 23.2. The number of rotatable bonds is 4. The summed E-state index contributed by atoms with van der Waals surface area (Å²) in [5.41, 5.74) is -0.700. The van der Waals surface area contributed by atoms with E-state index in [4.69, 9.17) is 4.74 Å². The molecule has 0 N–H and O–H groups in total. The lowest BCUT2D eigenvalue weighted by molar-refractivity contribution is -0.347. The summed E-state index contributed by atoms with van der Waals surface area (Å²) in [7, 11) is 0. The van der Waals surface area contributed by atoms with E-state index >= 15 is 0 Å². The Morgan fingerprint density at radius 1 is 0.872 bits per heavy atom. The minimum absolute atomic E-state index is 0.000556. The van der Waals surface area contributed by atoms with Gasteiger partial charge in [-0.15, -0.1) is 0 Å². The van der Waals surface area contributed by atoms with Crippen molar-refractivity contribution >= 4 is 11.9 Å². The molecule has 2 saturated carbocycles. The Bertz CT molecular complexity index is 1090. The largest absolute Gasteiger partial charge is 0.490 e. The fourth-order valence-corrected chi connectivity index (χ4v) is 7.21. The van der Waals surface area contributed by atoms with Crippen LogP contribution in [0.25, 0.3) is 0 Å². The molecular weight excluding hydrogens is 554 g/mol. The molecule has 39 heavy (non-hydrogen) atoms. The summed E-state index contributed by atoms with van der Waals surface area (Å²) in [5, 5.41) is 0. The zero-order valence-corrected chi connectivity index (χ0v) is 20.8. The Balaban J connectivity index is 1.52. The minimum Gasteiger partial charge on any atom is -0.455 e. The Kier molecular flexibility index (Phi) is 6.94. The molecule has 0 bridgehead atoms. The van der Waals surface area contributed by atoms with Crippen LogP contribution < -0.4 is 0 Å². The topological polar surface area (TPSA) is 52.6 Å². The van der Waals surface area contributed by atoms with Gasteiger partial charge in [-0.1, -0.05) is 19.9 Å². The van der Waals surface area contributed by atoms with Gasteiger partial charge in [0.25, 0.3) is 0 Å². The van der Waals surface area contributed by atoms with Crippen molar-refractivity contribution in [3.05, 3.63) is 23.5 Å². The van der Waals surface area contributed by atoms with Gasteiger partial charge in [-0.2, -0.15) is 43.9 Å². The lowest BCUT2D eigenvalue weighted by atomic mass is 9.48. The second-order valence-electron chi connectivity index (χ2n) is 11.3. The molecule has 0 aliphatic heterocycles. The summed E-state index contributed by atoms with van der Waals surface area (Å²) in [5.74, 6) is -18.5. The molecule has 0 unspecified atom stereocenters. The maximum atomic E-state index is 13.7. The Morgan fingerprint density at radius 2 is 1.51 bits per heavy atom. The van der Waals surface area contributed by atoms with Crippen molar-refractivity contribution in [2.24, 2.45) is 28.6 Å². The second-order valence-corrected chi connectivity index (χ2v) is 11.3. The summed E-state index contributed by atoms with van der Waals surface area (Å²) < 4.78 is 139. The number of alkyl halides is 10. The fourth-order valence-electron chi connectivity index (χ4n) is 7.21. The van der Waals surface area contributed by atoms with Gasteiger partial charge in [0, 0.05) is 11.8 Å². The van der Waals surface area contributed by atoms with Crippen molar-refractivity contribution in [1.82, 2.24) is 0 Å². The van der Waals surface area contributed by atoms with E-state index < -0.39 is 58.8 Å². The van der Waals surface area contributed by atoms with Gasteiger partial charge < -0.3 is 9.47 Å². The number of hydrogen-bond donors (Lipinski definition) is 0. The molecule has 4 aliphatic carbocycles. The van der Waals surface area contributed by atoms with E-state index in [-0.39, 0.29) is 37.0 Å². The van der Waals surface area contributed by atoms with E-state index in [2.05, 4.69) is 4.74 Å². The molecule has 0 saturated heterocycles. The Labute approximate surface area is 216 Å². The van der Waals surface area contributed by atoms with E-state index in [0.29, 0.717) is 31.3 Å². The summed E-state index contributed by atoms with van der Waals surface area (Å²) >= 11 is 0. The van der Waals surface area contributed by atoms with Crippen LogP contribution in [0.2, 0.25) is 0 Å². The highest BCUT2D eigenvalue weighted by Crippen LogP contribution is 2.65. The zero-order valence-electron chi connectivity index (χ0n) is 20.8. The lowest BCUT2D eigenvalue weighted by Crippen LogP contribution is -2.56. The third-order valence-corrected chi connectivity index (χ3v) is 9.36. The summed E-state index contributed by atoms with van der Waals surface area (Å²) in [6, 6.07) is 0. The molecule has 0 heterocycles. The van der Waals surface area contributed by atoms with Gasteiger partial charge in [0.1, 0.15) is 11.9 Å². The average Bonchev–Trinajstić information content (AvgIpc) is 3.13. The van der Waals surface area contributed by atoms with E-state index in [1.54, 1.807) is 6.08 Å². The van der Waals surface area contributed by atoms with Crippen LogP contribution in [-0.2, 0) is 19.1 Å². The van der Waals surface area contributed by atoms with Gasteiger partial charge in [-0.25, -0.2) is 9.59 Å². The first-order chi connectivity index (χ1) is 17.7. The number of halogens is 10. The predicted molar refractivity (Wildman–Crippen MR) is 113 cm³/mol. The molecule has 0 aromatic carbocycles. The summed E-state index contributed by atoms with van der Waals surface area (Å²) in [6.45, 7) is 3.70. The Hall–Kier alpha value is -2.28. The van der Waals surface area contributed by atoms with Crippen molar-refractivity contribution < 1.29 is 63.0 Å². The van der Waals surface area contributed by atoms with Crippen LogP contribution in [0.5, 0.6) is 0 Å². The van der Waals surface area contributed by atoms with Gasteiger partial charge in [-0.05, 0) is 73.3 Å². The molecule has 0 radical (unpaired) electrons. The molecule has 0 aromatic heterocycles. The first-order valence-electron chi connectivity index (χ1n) is 12.4. The number of allylic oxidation sites excluding steroid dienone is 4. The van der Waals surface area contributed by atoms with E-state index in [1.807, 2.05) is 13.8 Å². The maximum absolute atomic E-state index is 13.7. The number of carbonyl (C=O) groups is 2. The van der Waals surface area contributed by atoms with E-state index in [0.717, 1.165) is 0 Å². The quantitative estimate of drug-likeness (QED) is 0.259. The number of hydrogen-bond acceptors (Lipinski definition) is 4. The van der Waals surface area contributed by atoms with Crippen molar-refractivity contribution in [2.45, 2.75) is 89.1 Å². The average molecular weight is 580 g/mol. The molecule has 0 spiro atoms. The monoisotopic (exact) mass is 580 g/mol. The number of carbonyl (C=O) groups excluding carboxylic acids is 2. The predicted octanol–water partition coefficient (Wildman–Crippen LogP) is 7.29. The normalized spacial score (nSPS) is 35.2. The molecule has 220 valence electrons. The SMILES string of the molecule is C[C@]12CC[C@H]3[C@@H](CC=C4C=C(OC(=O)C(F)(F)C(F)(F)C(F)(F)F)CC[C@@]43C)[C@@H]1CC[C@@H]2OC(=O)C(F)(F)F. The van der Waals surface area contributed by atoms with Crippen LogP contribution in [0.4, 0.5) is 43.9 Å². The van der Waals surface area contributed by atoms with Gasteiger partial charge in [0.2, 0.25) is 0 Å². The number of fused-ring (bicyclic) bond motifs is 5. The van der Waals surface area contributed by atoms with Gasteiger partial charge in [0.05, 0.1) is 0 Å². The minimum atomic E-state index is -6.67. The fraction of sp³-hybridized carbons (Fsp3) is 0.760. The van der Waals surface area contributed by atoms with Crippen LogP contribution >= 0.6 is 0 Å². The van der Waals surface area contributed by atoms with Crippen molar-refractivity contribution in [3.8, 4) is 0 Å². The van der Waals surface area contributed by atoms with Gasteiger partial charge in [-0.3, -0.25) is 0 Å². The van der Waals surface area contributed by atoms with Crippen LogP contribution in [-0.4, -0.2) is 42.2 Å². The Morgan fingerprint density at radius 3 is 2.10 bits per heavy atom. The molecular formula is C25H26F10O4. The highest BCUT2D eigenvalue weighted by Gasteiger charge is 2.77. The molecule has 4 aliphatic rings. The highest BCUT2D eigenvalue weighted by molar-refractivity contribution is 5.80. The van der Waals surface area contributed by atoms with E-state index in [9.17, 15) is 53.5 Å². The first-order valence-corrected chi connectivity index (χ1v) is 12.4. The van der Waals surface area contributed by atoms with Crippen LogP contribution in [0.15, 0.2) is 23.5 Å². The smallest absolute Gasteiger partial charge is 0.455 e. The van der Waals surface area contributed by atoms with E-state index in [1.165, 1.54) is 6.08 Å². The molecule has 2 fully saturated rings. The zero-order chi connectivity index (χ0) is 29.4. The second kappa shape index (κ2) is 9.12. The highest BCUT2D eigenvalue weighted by atomic mass is 19.4. The van der Waals surface area contributed by atoms with Crippen molar-refractivity contribution in [3.63, 3.8) is 0 Å². The van der Waals surface area contributed by atoms with Crippen molar-refractivity contribution in [1.29, 1.82) is 0 Å². The molecule has 6 atom stereocenters. The van der Waals surface area contributed by atoms with Gasteiger partial charge >= 0.3 is 36.1 Å². The molecule has 0 amide bonds. The first kappa shape index (κ1) is 29.7. The third-order valence-electron chi connectivity index (χ3n) is 9.36.